The Bertz CT molecular complexity index is 594. The summed E-state index contributed by atoms with van der Waals surface area (Å²) in [6, 6.07) is 0. The van der Waals surface area contributed by atoms with Gasteiger partial charge in [-0.1, -0.05) is 62.6 Å². The first kappa shape index (κ1) is 25.4. The van der Waals surface area contributed by atoms with Gasteiger partial charge in [0.05, 0.1) is 0 Å². The number of amides is 1. The molecular weight excluding hydrogens is 379 g/mol. The van der Waals surface area contributed by atoms with Crippen molar-refractivity contribution in [3.05, 3.63) is 36.5 Å². The Morgan fingerprint density at radius 1 is 0.852 bits per heavy atom. The number of allylic oxidation sites excluding steroid dienone is 6. The van der Waals surface area contributed by atoms with Crippen LogP contribution in [0.3, 0.4) is 0 Å². The molecule has 0 saturated heterocycles. The number of sulfonamides is 1. The predicted octanol–water partition coefficient (Wildman–Crippen LogP) is 5.54. The average Bonchev–Trinajstić information content (AvgIpc) is 2.57. The summed E-state index contributed by atoms with van der Waals surface area (Å²) >= 11 is 0. The molecule has 27 heavy (non-hydrogen) atoms. The lowest BCUT2D eigenvalue weighted by Gasteiger charge is -2.09. The van der Waals surface area contributed by atoms with E-state index in [1.165, 1.54) is 0 Å². The number of nitrogens with one attached hydrogen (secondary N) is 1. The highest BCUT2D eigenvalue weighted by molar-refractivity contribution is 7.90. The molecule has 4 nitrogen and oxygen atoms in total. The van der Waals surface area contributed by atoms with E-state index in [2.05, 4.69) is 43.4 Å². The summed E-state index contributed by atoms with van der Waals surface area (Å²) in [7, 11) is -5.58. The van der Waals surface area contributed by atoms with E-state index in [-0.39, 0.29) is 6.42 Å². The van der Waals surface area contributed by atoms with E-state index in [0.717, 1.165) is 49.7 Å². The molecule has 0 bridgehead atoms. The Hall–Kier alpha value is -1.57. The van der Waals surface area contributed by atoms with Crippen molar-refractivity contribution >= 4 is 15.9 Å². The summed E-state index contributed by atoms with van der Waals surface area (Å²) in [5, 5.41) is 0. The second-order valence-corrected chi connectivity index (χ2v) is 7.75. The first-order valence-electron chi connectivity index (χ1n) is 9.27. The van der Waals surface area contributed by atoms with E-state index in [1.54, 1.807) is 0 Å². The number of alkyl halides is 3. The van der Waals surface area contributed by atoms with Gasteiger partial charge in [-0.25, -0.2) is 4.72 Å². The predicted molar refractivity (Wildman–Crippen MR) is 102 cm³/mol. The zero-order valence-electron chi connectivity index (χ0n) is 15.8. The van der Waals surface area contributed by atoms with Gasteiger partial charge in [-0.3, -0.25) is 4.79 Å². The number of rotatable bonds is 14. The summed E-state index contributed by atoms with van der Waals surface area (Å²) in [4.78, 5) is 11.2. The quantitative estimate of drug-likeness (QED) is 0.303. The summed E-state index contributed by atoms with van der Waals surface area (Å²) < 4.78 is 58.8. The van der Waals surface area contributed by atoms with Gasteiger partial charge in [-0.2, -0.15) is 21.6 Å². The molecule has 0 aromatic rings. The fourth-order valence-electron chi connectivity index (χ4n) is 2.16. The highest BCUT2D eigenvalue weighted by atomic mass is 32.2. The van der Waals surface area contributed by atoms with E-state index < -0.39 is 21.4 Å². The maximum atomic E-state index is 12.1. The van der Waals surface area contributed by atoms with Crippen LogP contribution in [0.15, 0.2) is 36.5 Å². The molecule has 0 aromatic heterocycles. The third kappa shape index (κ3) is 14.2. The van der Waals surface area contributed by atoms with Gasteiger partial charge in [-0.05, 0) is 38.5 Å². The standard InChI is InChI=1S/C19H30F3NO3S/c1-2-3-4-5-6-7-8-9-10-11-12-13-14-15-16-17-18(24)23-27(25,26)19(20,21)22/h3-4,6-7,9-10H,2,5,8,11-17H2,1H3,(H,23,24)/b4-3-,7-6+,10-9+. The van der Waals surface area contributed by atoms with E-state index in [9.17, 15) is 26.4 Å². The molecule has 0 saturated carbocycles. The highest BCUT2D eigenvalue weighted by Gasteiger charge is 2.46. The summed E-state index contributed by atoms with van der Waals surface area (Å²) in [5.41, 5.74) is -5.46. The van der Waals surface area contributed by atoms with Crippen LogP contribution in [0.2, 0.25) is 0 Å². The van der Waals surface area contributed by atoms with E-state index >= 15 is 0 Å². The second-order valence-electron chi connectivity index (χ2n) is 6.07. The van der Waals surface area contributed by atoms with Crippen molar-refractivity contribution < 1.29 is 26.4 Å². The van der Waals surface area contributed by atoms with Gasteiger partial charge < -0.3 is 0 Å². The summed E-state index contributed by atoms with van der Waals surface area (Å²) in [6.45, 7) is 2.10. The zero-order valence-corrected chi connectivity index (χ0v) is 16.6. The molecule has 0 fully saturated rings. The topological polar surface area (TPSA) is 63.2 Å². The lowest BCUT2D eigenvalue weighted by molar-refractivity contribution is -0.120. The van der Waals surface area contributed by atoms with Crippen LogP contribution in [0, 0.1) is 0 Å². The molecule has 0 aromatic carbocycles. The van der Waals surface area contributed by atoms with Gasteiger partial charge in [0, 0.05) is 6.42 Å². The molecule has 0 rings (SSSR count). The van der Waals surface area contributed by atoms with Crippen molar-refractivity contribution in [2.24, 2.45) is 0 Å². The molecule has 1 N–H and O–H groups in total. The summed E-state index contributed by atoms with van der Waals surface area (Å²) in [6.07, 6.45) is 20.3. The van der Waals surface area contributed by atoms with Crippen molar-refractivity contribution in [3.63, 3.8) is 0 Å². The maximum Gasteiger partial charge on any atom is 0.516 e. The van der Waals surface area contributed by atoms with Crippen LogP contribution in [0.25, 0.3) is 0 Å². The Balaban J connectivity index is 3.61. The maximum absolute atomic E-state index is 12.1. The normalized spacial score (nSPS) is 13.2. The average molecular weight is 410 g/mol. The molecule has 1 amide bonds. The number of carbonyl (C=O) groups is 1. The SMILES string of the molecule is CC/C=C\C/C=C/C/C=C/CCCCCCCC(=O)NS(=O)(=O)C(F)(F)F. The smallest absolute Gasteiger partial charge is 0.274 e. The summed E-state index contributed by atoms with van der Waals surface area (Å²) in [5.74, 6) is -1.12. The van der Waals surface area contributed by atoms with Crippen molar-refractivity contribution in [2.75, 3.05) is 0 Å². The van der Waals surface area contributed by atoms with E-state index in [0.29, 0.717) is 12.8 Å². The number of unbranched alkanes of at least 4 members (excludes halogenated alkanes) is 5. The molecule has 0 heterocycles. The van der Waals surface area contributed by atoms with Crippen LogP contribution in [-0.2, 0) is 14.8 Å². The third-order valence-electron chi connectivity index (χ3n) is 3.61. The number of hydrogen-bond donors (Lipinski definition) is 1. The van der Waals surface area contributed by atoms with Crippen LogP contribution < -0.4 is 4.72 Å². The molecular formula is C19H30F3NO3S. The van der Waals surface area contributed by atoms with Gasteiger partial charge in [0.15, 0.2) is 0 Å². The van der Waals surface area contributed by atoms with Gasteiger partial charge in [0.2, 0.25) is 5.91 Å². The Morgan fingerprint density at radius 3 is 1.96 bits per heavy atom. The van der Waals surface area contributed by atoms with Gasteiger partial charge in [0.25, 0.3) is 0 Å². The molecule has 0 radical (unpaired) electrons. The van der Waals surface area contributed by atoms with Crippen molar-refractivity contribution in [1.82, 2.24) is 4.72 Å². The number of halogens is 3. The molecule has 0 spiro atoms. The fourth-order valence-corrected chi connectivity index (χ4v) is 2.68. The van der Waals surface area contributed by atoms with Crippen molar-refractivity contribution in [1.29, 1.82) is 0 Å². The van der Waals surface area contributed by atoms with Crippen molar-refractivity contribution in [3.8, 4) is 0 Å². The van der Waals surface area contributed by atoms with Crippen LogP contribution >= 0.6 is 0 Å². The minimum Gasteiger partial charge on any atom is -0.274 e. The van der Waals surface area contributed by atoms with Crippen molar-refractivity contribution in [2.45, 2.75) is 76.6 Å². The lowest BCUT2D eigenvalue weighted by Crippen LogP contribution is -2.40. The zero-order chi connectivity index (χ0) is 20.6. The van der Waals surface area contributed by atoms with Crippen LogP contribution in [-0.4, -0.2) is 19.8 Å². The lowest BCUT2D eigenvalue weighted by atomic mass is 10.1. The van der Waals surface area contributed by atoms with Gasteiger partial charge in [-0.15, -0.1) is 0 Å². The highest BCUT2D eigenvalue weighted by Crippen LogP contribution is 2.21. The Morgan fingerprint density at radius 2 is 1.37 bits per heavy atom. The van der Waals surface area contributed by atoms with Crippen LogP contribution in [0.5, 0.6) is 0 Å². The first-order valence-corrected chi connectivity index (χ1v) is 10.8. The first-order chi connectivity index (χ1) is 12.7. The third-order valence-corrected chi connectivity index (χ3v) is 4.71. The molecule has 156 valence electrons. The van der Waals surface area contributed by atoms with Gasteiger partial charge >= 0.3 is 15.5 Å². The van der Waals surface area contributed by atoms with E-state index in [4.69, 9.17) is 0 Å². The van der Waals surface area contributed by atoms with Crippen LogP contribution in [0.1, 0.15) is 71.1 Å². The van der Waals surface area contributed by atoms with Crippen LogP contribution in [0.4, 0.5) is 13.2 Å². The molecule has 0 atom stereocenters. The van der Waals surface area contributed by atoms with Gasteiger partial charge in [0.1, 0.15) is 0 Å². The second kappa shape index (κ2) is 14.5. The minimum atomic E-state index is -5.58. The largest absolute Gasteiger partial charge is 0.516 e. The number of carbonyl (C=O) groups excluding carboxylic acids is 1. The molecule has 0 unspecified atom stereocenters. The fraction of sp³-hybridized carbons (Fsp3) is 0.632. The Labute approximate surface area is 160 Å². The molecule has 8 heteroatoms. The minimum absolute atomic E-state index is 0.227. The molecule has 0 aliphatic rings. The van der Waals surface area contributed by atoms with E-state index in [1.807, 2.05) is 0 Å². The Kier molecular flexibility index (Phi) is 13.6. The number of hydrogen-bond acceptors (Lipinski definition) is 3. The monoisotopic (exact) mass is 409 g/mol. The molecule has 0 aliphatic carbocycles. The molecule has 0 aliphatic heterocycles.